The predicted molar refractivity (Wildman–Crippen MR) is 56.2 cm³/mol. The first kappa shape index (κ1) is 13.5. The van der Waals surface area contributed by atoms with Gasteiger partial charge in [0.05, 0.1) is 12.3 Å². The summed E-state index contributed by atoms with van der Waals surface area (Å²) in [6.45, 7) is 1.71. The third-order valence-electron chi connectivity index (χ3n) is 1.61. The number of hydrogen-bond acceptors (Lipinski definition) is 4. The van der Waals surface area contributed by atoms with Crippen molar-refractivity contribution < 1.29 is 15.0 Å². The van der Waals surface area contributed by atoms with Crippen LogP contribution in [0.3, 0.4) is 0 Å². The van der Waals surface area contributed by atoms with Crippen LogP contribution in [0, 0.1) is 0 Å². The van der Waals surface area contributed by atoms with E-state index >= 15 is 0 Å². The molecular weight excluding hydrogens is 196 g/mol. The van der Waals surface area contributed by atoms with Gasteiger partial charge < -0.3 is 15.9 Å². The third kappa shape index (κ3) is 6.59. The zero-order valence-corrected chi connectivity index (χ0v) is 8.63. The van der Waals surface area contributed by atoms with Gasteiger partial charge in [0.25, 0.3) is 6.47 Å². The second-order valence-electron chi connectivity index (χ2n) is 3.10. The summed E-state index contributed by atoms with van der Waals surface area (Å²) >= 11 is 0. The number of nitrogens with two attached hydrogens (primary N) is 1. The first-order chi connectivity index (χ1) is 7.13. The molecule has 0 aliphatic heterocycles. The molecule has 15 heavy (non-hydrogen) atoms. The maximum absolute atomic E-state index is 8.72. The van der Waals surface area contributed by atoms with E-state index in [1.165, 1.54) is 0 Å². The molecule has 0 aliphatic carbocycles. The van der Waals surface area contributed by atoms with Crippen molar-refractivity contribution in [2.24, 2.45) is 5.73 Å². The molecule has 1 atom stereocenters. The summed E-state index contributed by atoms with van der Waals surface area (Å²) in [5.41, 5.74) is 7.43. The molecule has 1 aromatic heterocycles. The van der Waals surface area contributed by atoms with Gasteiger partial charge in [-0.05, 0) is 25.0 Å². The fourth-order valence-corrected chi connectivity index (χ4v) is 1.04. The molecule has 0 radical (unpaired) electrons. The van der Waals surface area contributed by atoms with E-state index in [0.717, 1.165) is 12.0 Å². The number of nitrogens with zero attached hydrogens (tertiary/aromatic N) is 1. The fourth-order valence-electron chi connectivity index (χ4n) is 1.04. The van der Waals surface area contributed by atoms with Crippen LogP contribution in [0.2, 0.25) is 0 Å². The number of aliphatic hydroxyl groups excluding tert-OH is 1. The molecule has 84 valence electrons. The predicted octanol–water partition coefficient (Wildman–Crippen LogP) is 0.164. The van der Waals surface area contributed by atoms with Gasteiger partial charge >= 0.3 is 0 Å². The van der Waals surface area contributed by atoms with E-state index in [1.807, 2.05) is 19.1 Å². The molecule has 0 aliphatic rings. The van der Waals surface area contributed by atoms with Gasteiger partial charge in [0.1, 0.15) is 0 Å². The van der Waals surface area contributed by atoms with Gasteiger partial charge in [-0.1, -0.05) is 6.07 Å². The first-order valence-electron chi connectivity index (χ1n) is 4.52. The largest absolute Gasteiger partial charge is 0.483 e. The Labute approximate surface area is 88.6 Å². The molecule has 5 nitrogen and oxygen atoms in total. The lowest BCUT2D eigenvalue weighted by atomic mass is 10.1. The normalized spacial score (nSPS) is 11.1. The summed E-state index contributed by atoms with van der Waals surface area (Å²) < 4.78 is 0. The van der Waals surface area contributed by atoms with Crippen LogP contribution in [0.25, 0.3) is 0 Å². The molecule has 0 bridgehead atoms. The van der Waals surface area contributed by atoms with Gasteiger partial charge in [0.2, 0.25) is 0 Å². The van der Waals surface area contributed by atoms with E-state index in [9.17, 15) is 0 Å². The van der Waals surface area contributed by atoms with Gasteiger partial charge in [-0.15, -0.1) is 0 Å². The van der Waals surface area contributed by atoms with Crippen LogP contribution in [0.15, 0.2) is 18.3 Å². The molecule has 0 aromatic carbocycles. The van der Waals surface area contributed by atoms with Crippen LogP contribution >= 0.6 is 0 Å². The van der Waals surface area contributed by atoms with E-state index in [2.05, 4.69) is 4.98 Å². The van der Waals surface area contributed by atoms with E-state index in [1.54, 1.807) is 6.20 Å². The van der Waals surface area contributed by atoms with Crippen LogP contribution in [0.5, 0.6) is 0 Å². The minimum atomic E-state index is -0.250. The lowest BCUT2D eigenvalue weighted by Gasteiger charge is -2.04. The molecule has 0 saturated carbocycles. The lowest BCUT2D eigenvalue weighted by Crippen LogP contribution is -2.17. The summed E-state index contributed by atoms with van der Waals surface area (Å²) in [6.07, 6.45) is 2.59. The van der Waals surface area contributed by atoms with Crippen molar-refractivity contribution in [3.63, 3.8) is 0 Å². The molecule has 0 amide bonds. The summed E-state index contributed by atoms with van der Waals surface area (Å²) in [7, 11) is 0. The molecule has 1 unspecified atom stereocenters. The Kier molecular flexibility index (Phi) is 7.13. The summed E-state index contributed by atoms with van der Waals surface area (Å²) in [5.74, 6) is 0. The number of rotatable bonds is 3. The average Bonchev–Trinajstić information content (AvgIpc) is 2.19. The maximum atomic E-state index is 8.72. The molecule has 0 fully saturated rings. The second kappa shape index (κ2) is 7.90. The Morgan fingerprint density at radius 2 is 2.20 bits per heavy atom. The summed E-state index contributed by atoms with van der Waals surface area (Å²) in [6, 6.07) is 3.92. The highest BCUT2D eigenvalue weighted by molar-refractivity contribution is 5.32. The van der Waals surface area contributed by atoms with Crippen LogP contribution in [0.4, 0.5) is 0 Å². The number of carbonyl (C=O) groups is 1. The van der Waals surface area contributed by atoms with Crippen LogP contribution in [-0.4, -0.2) is 27.7 Å². The van der Waals surface area contributed by atoms with Gasteiger partial charge in [-0.25, -0.2) is 0 Å². The zero-order valence-electron chi connectivity index (χ0n) is 8.63. The Hall–Kier alpha value is -1.46. The second-order valence-corrected chi connectivity index (χ2v) is 3.10. The summed E-state index contributed by atoms with van der Waals surface area (Å²) in [4.78, 5) is 12.4. The SMILES string of the molecule is CC(N)Cc1ccc(CO)nc1.O=CO. The van der Waals surface area contributed by atoms with E-state index in [0.29, 0.717) is 5.69 Å². The molecular formula is C10H16N2O3. The van der Waals surface area contributed by atoms with Gasteiger partial charge in [-0.3, -0.25) is 9.78 Å². The van der Waals surface area contributed by atoms with Crippen molar-refractivity contribution in [1.82, 2.24) is 4.98 Å². The topological polar surface area (TPSA) is 96.4 Å². The van der Waals surface area contributed by atoms with Crippen molar-refractivity contribution in [1.29, 1.82) is 0 Å². The number of pyridine rings is 1. The number of aromatic nitrogens is 1. The maximum Gasteiger partial charge on any atom is 0.290 e. The first-order valence-corrected chi connectivity index (χ1v) is 4.52. The van der Waals surface area contributed by atoms with Crippen LogP contribution in [-0.2, 0) is 17.8 Å². The van der Waals surface area contributed by atoms with Crippen LogP contribution in [0.1, 0.15) is 18.2 Å². The molecule has 1 rings (SSSR count). The zero-order chi connectivity index (χ0) is 11.7. The van der Waals surface area contributed by atoms with Crippen LogP contribution < -0.4 is 5.73 Å². The molecule has 0 saturated heterocycles. The quantitative estimate of drug-likeness (QED) is 0.620. The summed E-state index contributed by atoms with van der Waals surface area (Å²) in [5, 5.41) is 15.6. The highest BCUT2D eigenvalue weighted by Gasteiger charge is 1.98. The molecule has 1 aromatic rings. The standard InChI is InChI=1S/C9H14N2O.CH2O2/c1-7(10)4-8-2-3-9(6-12)11-5-8;2-1-3/h2-3,5,7,12H,4,6,10H2,1H3;1H,(H,2,3). The Morgan fingerprint density at radius 1 is 1.60 bits per heavy atom. The molecule has 0 spiro atoms. The number of hydrogen-bond donors (Lipinski definition) is 3. The van der Waals surface area contributed by atoms with Crippen molar-refractivity contribution in [3.8, 4) is 0 Å². The Balaban J connectivity index is 0.000000583. The van der Waals surface area contributed by atoms with Gasteiger partial charge in [0.15, 0.2) is 0 Å². The van der Waals surface area contributed by atoms with Crippen molar-refractivity contribution in [3.05, 3.63) is 29.6 Å². The van der Waals surface area contributed by atoms with Gasteiger partial charge in [0, 0.05) is 12.2 Å². The Bertz CT molecular complexity index is 273. The van der Waals surface area contributed by atoms with E-state index in [-0.39, 0.29) is 19.1 Å². The minimum Gasteiger partial charge on any atom is -0.483 e. The van der Waals surface area contributed by atoms with E-state index < -0.39 is 0 Å². The fraction of sp³-hybridized carbons (Fsp3) is 0.400. The molecule has 4 N–H and O–H groups in total. The highest BCUT2D eigenvalue weighted by atomic mass is 16.3. The lowest BCUT2D eigenvalue weighted by molar-refractivity contribution is -0.122. The Morgan fingerprint density at radius 3 is 2.53 bits per heavy atom. The third-order valence-corrected chi connectivity index (χ3v) is 1.61. The molecule has 5 heteroatoms. The monoisotopic (exact) mass is 212 g/mol. The molecule has 1 heterocycles. The highest BCUT2D eigenvalue weighted by Crippen LogP contribution is 2.02. The average molecular weight is 212 g/mol. The smallest absolute Gasteiger partial charge is 0.290 e. The number of carboxylic acid groups (broad SMARTS) is 1. The number of aliphatic hydroxyl groups is 1. The van der Waals surface area contributed by atoms with Crippen molar-refractivity contribution in [2.45, 2.75) is 26.0 Å². The van der Waals surface area contributed by atoms with E-state index in [4.69, 9.17) is 20.7 Å². The van der Waals surface area contributed by atoms with Gasteiger partial charge in [-0.2, -0.15) is 0 Å². The minimum absolute atomic E-state index is 0.00153. The van der Waals surface area contributed by atoms with Crippen molar-refractivity contribution >= 4 is 6.47 Å². The van der Waals surface area contributed by atoms with Crippen molar-refractivity contribution in [2.75, 3.05) is 0 Å².